The molecule has 1 aliphatic heterocycles. The molecule has 7 heteroatoms. The predicted octanol–water partition coefficient (Wildman–Crippen LogP) is 5.18. The molecule has 0 saturated carbocycles. The Morgan fingerprint density at radius 1 is 1.03 bits per heavy atom. The molecule has 2 aromatic heterocycles. The molecule has 2 aromatic carbocycles. The number of nitrogens with zero attached hydrogens (tertiary/aromatic N) is 2. The molecule has 3 heterocycles. The first kappa shape index (κ1) is 23.1. The maximum absolute atomic E-state index is 13.1. The molecule has 36 heavy (non-hydrogen) atoms. The van der Waals surface area contributed by atoms with Crippen LogP contribution in [-0.4, -0.2) is 26.7 Å². The molecule has 0 bridgehead atoms. The van der Waals surface area contributed by atoms with Gasteiger partial charge in [-0.1, -0.05) is 35.9 Å². The van der Waals surface area contributed by atoms with Crippen LogP contribution in [0.2, 0.25) is 0 Å². The van der Waals surface area contributed by atoms with Crippen LogP contribution in [0.3, 0.4) is 0 Å². The van der Waals surface area contributed by atoms with Crippen molar-refractivity contribution in [2.24, 2.45) is 0 Å². The van der Waals surface area contributed by atoms with Gasteiger partial charge in [0, 0.05) is 24.5 Å². The Hall–Kier alpha value is -4.65. The quantitative estimate of drug-likeness (QED) is 0.222. The van der Waals surface area contributed by atoms with Gasteiger partial charge in [0.1, 0.15) is 29.9 Å². The van der Waals surface area contributed by atoms with Crippen molar-refractivity contribution in [1.82, 2.24) is 9.88 Å². The monoisotopic (exact) mass is 480 g/mol. The second-order valence-electron chi connectivity index (χ2n) is 8.61. The van der Waals surface area contributed by atoms with E-state index in [-0.39, 0.29) is 17.9 Å². The summed E-state index contributed by atoms with van der Waals surface area (Å²) < 4.78 is 11.4. The maximum atomic E-state index is 13.1. The van der Waals surface area contributed by atoms with Crippen molar-refractivity contribution in [2.45, 2.75) is 26.1 Å². The average Bonchev–Trinajstić information content (AvgIpc) is 3.51. The molecule has 0 unspecified atom stereocenters. The molecule has 1 N–H and O–H groups in total. The zero-order valence-corrected chi connectivity index (χ0v) is 19.6. The normalized spacial score (nSPS) is 16.9. The third-order valence-corrected chi connectivity index (χ3v) is 6.04. The number of hydrogen-bond donors (Lipinski definition) is 1. The van der Waals surface area contributed by atoms with Crippen molar-refractivity contribution in [1.29, 1.82) is 0 Å². The third kappa shape index (κ3) is 4.63. The summed E-state index contributed by atoms with van der Waals surface area (Å²) in [7, 11) is 0. The van der Waals surface area contributed by atoms with Crippen LogP contribution in [0, 0.1) is 6.92 Å². The van der Waals surface area contributed by atoms with Crippen LogP contribution in [0.1, 0.15) is 34.1 Å². The molecule has 0 spiro atoms. The molecular weight excluding hydrogens is 456 g/mol. The first-order valence-corrected chi connectivity index (χ1v) is 11.5. The fourth-order valence-electron chi connectivity index (χ4n) is 4.31. The number of Topliss-reactive ketones (excluding diaryl/α,β-unsaturated/α-hetero) is 1. The van der Waals surface area contributed by atoms with E-state index in [0.29, 0.717) is 23.7 Å². The van der Waals surface area contributed by atoms with Crippen LogP contribution in [-0.2, 0) is 22.7 Å². The van der Waals surface area contributed by atoms with Crippen molar-refractivity contribution in [3.05, 3.63) is 125 Å². The molecular formula is C29H24N2O5. The summed E-state index contributed by atoms with van der Waals surface area (Å²) in [5.74, 6) is -0.739. The fourth-order valence-corrected chi connectivity index (χ4v) is 4.31. The summed E-state index contributed by atoms with van der Waals surface area (Å²) in [6.07, 6.45) is 4.74. The van der Waals surface area contributed by atoms with E-state index in [1.54, 1.807) is 54.9 Å². The molecule has 1 aliphatic rings. The predicted molar refractivity (Wildman–Crippen MR) is 133 cm³/mol. The zero-order chi connectivity index (χ0) is 25.1. The van der Waals surface area contributed by atoms with Crippen molar-refractivity contribution >= 4 is 17.4 Å². The van der Waals surface area contributed by atoms with Gasteiger partial charge in [0.25, 0.3) is 11.7 Å². The Labute approximate surface area is 208 Å². The van der Waals surface area contributed by atoms with Gasteiger partial charge in [-0.05, 0) is 60.5 Å². The van der Waals surface area contributed by atoms with E-state index < -0.39 is 17.7 Å². The largest absolute Gasteiger partial charge is 0.507 e. The first-order valence-electron chi connectivity index (χ1n) is 11.5. The van der Waals surface area contributed by atoms with Crippen LogP contribution < -0.4 is 4.74 Å². The minimum atomic E-state index is -0.863. The standard InChI is InChI=1S/C29H24N2O5/c1-19-5-2-6-20(15-19)18-36-23-11-9-22(10-12-23)27(32)25-26(24-8-4-14-35-24)31(29(34)28(25)33)17-21-7-3-13-30-16-21/h2-16,26,32H,17-18H2,1H3/b27-25+/t26-/m0/s1. The second kappa shape index (κ2) is 9.92. The van der Waals surface area contributed by atoms with Crippen LogP contribution in [0.4, 0.5) is 0 Å². The molecule has 1 fully saturated rings. The molecule has 1 amide bonds. The minimum absolute atomic E-state index is 0.0210. The van der Waals surface area contributed by atoms with E-state index in [0.717, 1.165) is 16.7 Å². The highest BCUT2D eigenvalue weighted by molar-refractivity contribution is 6.46. The molecule has 1 atom stereocenters. The number of aryl methyl sites for hydroxylation is 1. The second-order valence-corrected chi connectivity index (χ2v) is 8.61. The first-order chi connectivity index (χ1) is 17.5. The van der Waals surface area contributed by atoms with Crippen LogP contribution >= 0.6 is 0 Å². The lowest BCUT2D eigenvalue weighted by atomic mass is 9.99. The molecule has 1 saturated heterocycles. The number of carbonyl (C=O) groups excluding carboxylic acids is 2. The number of benzene rings is 2. The van der Waals surface area contributed by atoms with Gasteiger partial charge in [-0.2, -0.15) is 0 Å². The van der Waals surface area contributed by atoms with Gasteiger partial charge in [0.15, 0.2) is 0 Å². The lowest BCUT2D eigenvalue weighted by molar-refractivity contribution is -0.140. The van der Waals surface area contributed by atoms with Gasteiger partial charge in [-0.3, -0.25) is 14.6 Å². The van der Waals surface area contributed by atoms with E-state index in [4.69, 9.17) is 9.15 Å². The molecule has 5 rings (SSSR count). The molecule has 0 aliphatic carbocycles. The Bertz CT molecular complexity index is 1410. The highest BCUT2D eigenvalue weighted by Gasteiger charge is 2.47. The average molecular weight is 481 g/mol. The lowest BCUT2D eigenvalue weighted by Gasteiger charge is -2.23. The number of likely N-dealkylation sites (tertiary alicyclic amines) is 1. The summed E-state index contributed by atoms with van der Waals surface area (Å²) in [5.41, 5.74) is 3.34. The number of furan rings is 1. The number of aliphatic hydroxyl groups excluding tert-OH is 1. The van der Waals surface area contributed by atoms with Gasteiger partial charge in [0.05, 0.1) is 11.8 Å². The lowest BCUT2D eigenvalue weighted by Crippen LogP contribution is -2.29. The molecule has 4 aromatic rings. The van der Waals surface area contributed by atoms with Crippen molar-refractivity contribution in [3.8, 4) is 5.75 Å². The minimum Gasteiger partial charge on any atom is -0.507 e. The summed E-state index contributed by atoms with van der Waals surface area (Å²) in [6.45, 7) is 2.58. The summed E-state index contributed by atoms with van der Waals surface area (Å²) >= 11 is 0. The molecule has 180 valence electrons. The number of aromatic nitrogens is 1. The van der Waals surface area contributed by atoms with Gasteiger partial charge in [0.2, 0.25) is 0 Å². The Balaban J connectivity index is 1.43. The van der Waals surface area contributed by atoms with E-state index >= 15 is 0 Å². The number of amides is 1. The number of hydrogen-bond acceptors (Lipinski definition) is 6. The molecule has 0 radical (unpaired) electrons. The van der Waals surface area contributed by atoms with Crippen molar-refractivity contribution in [2.75, 3.05) is 0 Å². The molecule has 7 nitrogen and oxygen atoms in total. The fraction of sp³-hybridized carbons (Fsp3) is 0.138. The number of aliphatic hydroxyl groups is 1. The van der Waals surface area contributed by atoms with E-state index in [1.165, 1.54) is 11.2 Å². The van der Waals surface area contributed by atoms with Crippen LogP contribution in [0.5, 0.6) is 5.75 Å². The Morgan fingerprint density at radius 2 is 1.83 bits per heavy atom. The van der Waals surface area contributed by atoms with E-state index in [1.807, 2.05) is 31.2 Å². The smallest absolute Gasteiger partial charge is 0.296 e. The Morgan fingerprint density at radius 3 is 2.53 bits per heavy atom. The van der Waals surface area contributed by atoms with E-state index in [9.17, 15) is 14.7 Å². The summed E-state index contributed by atoms with van der Waals surface area (Å²) in [4.78, 5) is 31.6. The van der Waals surface area contributed by atoms with Gasteiger partial charge < -0.3 is 19.2 Å². The SMILES string of the molecule is Cc1cccc(COc2ccc(/C(O)=C3\C(=O)C(=O)N(Cc4cccnc4)[C@H]3c3ccco3)cc2)c1. The number of carbonyl (C=O) groups is 2. The number of ketones is 1. The third-order valence-electron chi connectivity index (χ3n) is 6.04. The highest BCUT2D eigenvalue weighted by Crippen LogP contribution is 2.40. The maximum Gasteiger partial charge on any atom is 0.296 e. The van der Waals surface area contributed by atoms with Crippen LogP contribution in [0.15, 0.2) is 101 Å². The van der Waals surface area contributed by atoms with Gasteiger partial charge >= 0.3 is 0 Å². The summed E-state index contributed by atoms with van der Waals surface area (Å²) in [6, 6.07) is 20.9. The van der Waals surface area contributed by atoms with Gasteiger partial charge in [-0.15, -0.1) is 0 Å². The highest BCUT2D eigenvalue weighted by atomic mass is 16.5. The summed E-state index contributed by atoms with van der Waals surface area (Å²) in [5, 5.41) is 11.2. The topological polar surface area (TPSA) is 92.9 Å². The number of ether oxygens (including phenoxy) is 1. The number of pyridine rings is 1. The van der Waals surface area contributed by atoms with Gasteiger partial charge in [-0.25, -0.2) is 0 Å². The Kier molecular flexibility index (Phi) is 6.36. The van der Waals surface area contributed by atoms with Crippen molar-refractivity contribution < 1.29 is 23.8 Å². The zero-order valence-electron chi connectivity index (χ0n) is 19.6. The van der Waals surface area contributed by atoms with E-state index in [2.05, 4.69) is 11.1 Å². The van der Waals surface area contributed by atoms with Crippen LogP contribution in [0.25, 0.3) is 5.76 Å². The number of rotatable bonds is 7. The van der Waals surface area contributed by atoms with Crippen molar-refractivity contribution in [3.63, 3.8) is 0 Å².